The zero-order valence-corrected chi connectivity index (χ0v) is 12.0. The van der Waals surface area contributed by atoms with Gasteiger partial charge in [-0.05, 0) is 18.2 Å². The van der Waals surface area contributed by atoms with Gasteiger partial charge in [0.1, 0.15) is 11.4 Å². The highest BCUT2D eigenvalue weighted by atomic mass is 16.5. The van der Waals surface area contributed by atoms with Crippen molar-refractivity contribution >= 4 is 12.0 Å². The molecule has 3 rings (SSSR count). The molecule has 114 valence electrons. The molecule has 0 aliphatic carbocycles. The number of ether oxygens (including phenoxy) is 1. The minimum atomic E-state index is -1.10. The van der Waals surface area contributed by atoms with Crippen LogP contribution in [0.1, 0.15) is 17.5 Å². The Kier molecular flexibility index (Phi) is 3.98. The Morgan fingerprint density at radius 3 is 3.05 bits per heavy atom. The fraction of sp³-hybridized carbons (Fsp3) is 0.235. The lowest BCUT2D eigenvalue weighted by atomic mass is 9.88. The summed E-state index contributed by atoms with van der Waals surface area (Å²) in [5.74, 6) is 0.401. The van der Waals surface area contributed by atoms with Crippen LogP contribution in [0.2, 0.25) is 0 Å². The van der Waals surface area contributed by atoms with Crippen molar-refractivity contribution in [3.05, 3.63) is 60.1 Å². The quantitative estimate of drug-likeness (QED) is 0.848. The summed E-state index contributed by atoms with van der Waals surface area (Å²) in [6.45, 7) is 0.566. The van der Waals surface area contributed by atoms with Crippen LogP contribution < -0.4 is 10.1 Å². The van der Waals surface area contributed by atoms with Gasteiger partial charge in [-0.1, -0.05) is 18.2 Å². The average molecular weight is 299 g/mol. The summed E-state index contributed by atoms with van der Waals surface area (Å²) in [7, 11) is 0. The number of benzene rings is 1. The van der Waals surface area contributed by atoms with Gasteiger partial charge >= 0.3 is 0 Å². The first kappa shape index (κ1) is 14.4. The molecule has 1 atom stereocenters. The summed E-state index contributed by atoms with van der Waals surface area (Å²) in [4.78, 5) is 11.9. The topological polar surface area (TPSA) is 71.7 Å². The van der Waals surface area contributed by atoms with Gasteiger partial charge in [0.05, 0.1) is 25.7 Å². The molecule has 0 bridgehead atoms. The van der Waals surface area contributed by atoms with E-state index in [2.05, 4.69) is 5.32 Å². The van der Waals surface area contributed by atoms with Crippen molar-refractivity contribution in [2.45, 2.75) is 12.0 Å². The van der Waals surface area contributed by atoms with Crippen molar-refractivity contribution in [3.63, 3.8) is 0 Å². The van der Waals surface area contributed by atoms with E-state index in [1.807, 2.05) is 24.3 Å². The number of hydrogen-bond acceptors (Lipinski definition) is 4. The smallest absolute Gasteiger partial charge is 0.244 e. The number of carbonyl (C=O) groups is 1. The van der Waals surface area contributed by atoms with Crippen molar-refractivity contribution in [1.29, 1.82) is 0 Å². The Morgan fingerprint density at radius 2 is 2.23 bits per heavy atom. The maximum atomic E-state index is 11.9. The fourth-order valence-corrected chi connectivity index (χ4v) is 2.46. The molecule has 2 heterocycles. The maximum absolute atomic E-state index is 11.9. The Morgan fingerprint density at radius 1 is 1.36 bits per heavy atom. The number of hydrogen-bond donors (Lipinski definition) is 2. The first-order valence-corrected chi connectivity index (χ1v) is 7.10. The van der Waals surface area contributed by atoms with Crippen molar-refractivity contribution in [2.75, 3.05) is 13.2 Å². The van der Waals surface area contributed by atoms with Crippen LogP contribution in [0.4, 0.5) is 0 Å². The molecule has 1 aliphatic heterocycles. The van der Waals surface area contributed by atoms with Crippen LogP contribution in [0.5, 0.6) is 5.75 Å². The van der Waals surface area contributed by atoms with E-state index in [4.69, 9.17) is 9.15 Å². The van der Waals surface area contributed by atoms with E-state index in [9.17, 15) is 9.90 Å². The van der Waals surface area contributed by atoms with Crippen molar-refractivity contribution in [1.82, 2.24) is 5.32 Å². The molecule has 1 aromatic heterocycles. The van der Waals surface area contributed by atoms with E-state index in [0.29, 0.717) is 24.3 Å². The van der Waals surface area contributed by atoms with Crippen LogP contribution in [0, 0.1) is 0 Å². The number of para-hydroxylation sites is 1. The minimum absolute atomic E-state index is 0.141. The van der Waals surface area contributed by atoms with Gasteiger partial charge in [-0.15, -0.1) is 0 Å². The number of aliphatic hydroxyl groups is 1. The molecule has 0 unspecified atom stereocenters. The molecular formula is C17H17NO4. The van der Waals surface area contributed by atoms with Crippen molar-refractivity contribution < 1.29 is 19.1 Å². The third-order valence-corrected chi connectivity index (χ3v) is 3.69. The average Bonchev–Trinajstić information content (AvgIpc) is 3.05. The van der Waals surface area contributed by atoms with Crippen LogP contribution in [-0.2, 0) is 10.4 Å². The van der Waals surface area contributed by atoms with E-state index in [1.165, 1.54) is 6.08 Å². The fourth-order valence-electron chi connectivity index (χ4n) is 2.46. The highest BCUT2D eigenvalue weighted by Crippen LogP contribution is 2.36. The molecule has 0 saturated carbocycles. The van der Waals surface area contributed by atoms with E-state index in [-0.39, 0.29) is 12.5 Å². The van der Waals surface area contributed by atoms with Crippen molar-refractivity contribution in [2.24, 2.45) is 0 Å². The Labute approximate surface area is 128 Å². The van der Waals surface area contributed by atoms with E-state index >= 15 is 0 Å². The second kappa shape index (κ2) is 6.07. The predicted molar refractivity (Wildman–Crippen MR) is 81.2 cm³/mol. The SMILES string of the molecule is O=C(/C=C/c1ccoc1)NC[C@@]1(O)CCOc2ccccc21. The van der Waals surface area contributed by atoms with Gasteiger partial charge in [0.15, 0.2) is 0 Å². The van der Waals surface area contributed by atoms with Gasteiger partial charge in [0, 0.05) is 23.6 Å². The summed E-state index contributed by atoms with van der Waals surface area (Å²) >= 11 is 0. The van der Waals surface area contributed by atoms with Crippen LogP contribution in [0.25, 0.3) is 6.08 Å². The summed E-state index contributed by atoms with van der Waals surface area (Å²) in [6.07, 6.45) is 6.60. The second-order valence-electron chi connectivity index (χ2n) is 5.23. The molecular weight excluding hydrogens is 282 g/mol. The van der Waals surface area contributed by atoms with E-state index in [0.717, 1.165) is 5.56 Å². The van der Waals surface area contributed by atoms with Crippen LogP contribution >= 0.6 is 0 Å². The maximum Gasteiger partial charge on any atom is 0.244 e. The molecule has 1 amide bonds. The largest absolute Gasteiger partial charge is 0.493 e. The molecule has 1 aliphatic rings. The Bertz CT molecular complexity index is 678. The highest BCUT2D eigenvalue weighted by molar-refractivity contribution is 5.91. The number of rotatable bonds is 4. The molecule has 2 aromatic rings. The molecule has 22 heavy (non-hydrogen) atoms. The number of fused-ring (bicyclic) bond motifs is 1. The lowest BCUT2D eigenvalue weighted by Crippen LogP contribution is -2.43. The molecule has 0 fully saturated rings. The molecule has 0 radical (unpaired) electrons. The first-order valence-electron chi connectivity index (χ1n) is 7.10. The zero-order chi connectivity index (χ0) is 15.4. The van der Waals surface area contributed by atoms with Gasteiger partial charge in [-0.2, -0.15) is 0 Å². The molecule has 1 aromatic carbocycles. The molecule has 2 N–H and O–H groups in total. The summed E-state index contributed by atoms with van der Waals surface area (Å²) in [5.41, 5.74) is 0.416. The number of amides is 1. The summed E-state index contributed by atoms with van der Waals surface area (Å²) in [5, 5.41) is 13.5. The van der Waals surface area contributed by atoms with E-state index in [1.54, 1.807) is 24.7 Å². The number of nitrogens with one attached hydrogen (secondary N) is 1. The highest BCUT2D eigenvalue weighted by Gasteiger charge is 2.35. The van der Waals surface area contributed by atoms with E-state index < -0.39 is 5.60 Å². The summed E-state index contributed by atoms with van der Waals surface area (Å²) < 4.78 is 10.4. The third kappa shape index (κ3) is 3.04. The number of furan rings is 1. The monoisotopic (exact) mass is 299 g/mol. The van der Waals surface area contributed by atoms with Gasteiger partial charge < -0.3 is 19.6 Å². The third-order valence-electron chi connectivity index (χ3n) is 3.69. The standard InChI is InChI=1S/C17H17NO4/c19-16(6-5-13-7-9-21-11-13)18-12-17(20)8-10-22-15-4-2-1-3-14(15)17/h1-7,9,11,20H,8,10,12H2,(H,18,19)/b6-5+/t17-/m0/s1. The summed E-state index contributed by atoms with van der Waals surface area (Å²) in [6, 6.07) is 9.10. The molecule has 5 nitrogen and oxygen atoms in total. The predicted octanol–water partition coefficient (Wildman–Crippen LogP) is 2.08. The Hall–Kier alpha value is -2.53. The van der Waals surface area contributed by atoms with Gasteiger partial charge in [-0.3, -0.25) is 4.79 Å². The number of carbonyl (C=O) groups excluding carboxylic acids is 1. The van der Waals surface area contributed by atoms with Crippen molar-refractivity contribution in [3.8, 4) is 5.75 Å². The normalized spacial score (nSPS) is 20.4. The van der Waals surface area contributed by atoms with Gasteiger partial charge in [0.2, 0.25) is 5.91 Å². The van der Waals surface area contributed by atoms with Crippen LogP contribution in [0.15, 0.2) is 53.4 Å². The first-order chi connectivity index (χ1) is 10.7. The van der Waals surface area contributed by atoms with Gasteiger partial charge in [-0.25, -0.2) is 0 Å². The molecule has 0 spiro atoms. The molecule has 5 heteroatoms. The Balaban J connectivity index is 1.65. The lowest BCUT2D eigenvalue weighted by Gasteiger charge is -2.34. The zero-order valence-electron chi connectivity index (χ0n) is 12.0. The van der Waals surface area contributed by atoms with Crippen LogP contribution in [0.3, 0.4) is 0 Å². The minimum Gasteiger partial charge on any atom is -0.493 e. The lowest BCUT2D eigenvalue weighted by molar-refractivity contribution is -0.118. The second-order valence-corrected chi connectivity index (χ2v) is 5.23. The van der Waals surface area contributed by atoms with Crippen LogP contribution in [-0.4, -0.2) is 24.2 Å². The van der Waals surface area contributed by atoms with Gasteiger partial charge in [0.25, 0.3) is 0 Å². The molecule has 0 saturated heterocycles.